The van der Waals surface area contributed by atoms with Crippen LogP contribution in [-0.4, -0.2) is 27.9 Å². The molecule has 7 rings (SSSR count). The molecule has 0 bridgehead atoms. The zero-order valence-corrected chi connectivity index (χ0v) is 21.3. The number of aromatic amines is 1. The van der Waals surface area contributed by atoms with E-state index in [1.165, 1.54) is 49.6 Å². The second-order valence-corrected chi connectivity index (χ2v) is 10.9. The van der Waals surface area contributed by atoms with Gasteiger partial charge in [0.25, 0.3) is 0 Å². The van der Waals surface area contributed by atoms with Crippen LogP contribution in [0, 0.1) is 5.92 Å². The molecule has 0 radical (unpaired) electrons. The number of amides is 2. The topological polar surface area (TPSA) is 92.9 Å². The van der Waals surface area contributed by atoms with E-state index in [0.717, 1.165) is 59.3 Å². The highest BCUT2D eigenvalue weighted by molar-refractivity contribution is 6.13. The largest absolute Gasteiger partial charge is 0.361 e. The van der Waals surface area contributed by atoms with Crippen molar-refractivity contribution in [3.63, 3.8) is 0 Å². The molecule has 192 valence electrons. The second-order valence-electron chi connectivity index (χ2n) is 10.9. The van der Waals surface area contributed by atoms with Gasteiger partial charge in [0.2, 0.25) is 11.8 Å². The average Bonchev–Trinajstić information content (AvgIpc) is 3.59. The first-order chi connectivity index (χ1) is 18.2. The van der Waals surface area contributed by atoms with Crippen LogP contribution in [0.2, 0.25) is 0 Å². The minimum Gasteiger partial charge on any atom is -0.361 e. The van der Waals surface area contributed by atoms with Crippen LogP contribution in [-0.2, 0) is 22.6 Å². The SMILES string of the molecule is NCCC1CCCCC1.O=C1NC(=O)[C@H](c2cn3c4c(cccc24)CCC3)[C@H]1c1c[nH]c2ccccc12. The smallest absolute Gasteiger partial charge is 0.235 e. The van der Waals surface area contributed by atoms with E-state index < -0.39 is 11.8 Å². The fourth-order valence-corrected chi connectivity index (χ4v) is 6.82. The zero-order valence-electron chi connectivity index (χ0n) is 21.3. The summed E-state index contributed by atoms with van der Waals surface area (Å²) in [6, 6.07) is 14.2. The van der Waals surface area contributed by atoms with Gasteiger partial charge in [-0.3, -0.25) is 14.9 Å². The maximum atomic E-state index is 12.9. The van der Waals surface area contributed by atoms with Crippen molar-refractivity contribution in [2.75, 3.05) is 6.54 Å². The van der Waals surface area contributed by atoms with Crippen molar-refractivity contribution in [3.05, 3.63) is 71.5 Å². The maximum Gasteiger partial charge on any atom is 0.235 e. The Kier molecular flexibility index (Phi) is 6.59. The number of aromatic nitrogens is 2. The van der Waals surface area contributed by atoms with Crippen LogP contribution in [0.25, 0.3) is 21.8 Å². The van der Waals surface area contributed by atoms with Crippen LogP contribution in [0.4, 0.5) is 0 Å². The molecule has 2 amide bonds. The van der Waals surface area contributed by atoms with Crippen LogP contribution >= 0.6 is 0 Å². The summed E-state index contributed by atoms with van der Waals surface area (Å²) in [5, 5.41) is 4.68. The van der Waals surface area contributed by atoms with Crippen molar-refractivity contribution in [2.24, 2.45) is 11.7 Å². The van der Waals surface area contributed by atoms with E-state index in [9.17, 15) is 9.59 Å². The van der Waals surface area contributed by atoms with E-state index in [2.05, 4.69) is 39.3 Å². The van der Waals surface area contributed by atoms with Crippen LogP contribution in [0.5, 0.6) is 0 Å². The molecule has 2 aliphatic heterocycles. The highest BCUT2D eigenvalue weighted by Crippen LogP contribution is 2.44. The quantitative estimate of drug-likeness (QED) is 0.325. The van der Waals surface area contributed by atoms with Crippen LogP contribution in [0.3, 0.4) is 0 Å². The van der Waals surface area contributed by atoms with Gasteiger partial charge in [-0.2, -0.15) is 0 Å². The molecule has 4 heterocycles. The first-order valence-electron chi connectivity index (χ1n) is 13.9. The number of H-pyrrole nitrogens is 1. The third-order valence-electron chi connectivity index (χ3n) is 8.59. The molecular formula is C31H36N4O2. The van der Waals surface area contributed by atoms with Gasteiger partial charge in [-0.15, -0.1) is 0 Å². The Hall–Kier alpha value is -3.38. The van der Waals surface area contributed by atoms with Gasteiger partial charge >= 0.3 is 0 Å². The summed E-state index contributed by atoms with van der Waals surface area (Å²) in [6.45, 7) is 1.85. The second kappa shape index (κ2) is 10.2. The van der Waals surface area contributed by atoms with Crippen LogP contribution < -0.4 is 11.1 Å². The molecule has 37 heavy (non-hydrogen) atoms. The van der Waals surface area contributed by atoms with Crippen molar-refractivity contribution < 1.29 is 9.59 Å². The number of hydrogen-bond acceptors (Lipinski definition) is 3. The number of aryl methyl sites for hydroxylation is 2. The number of nitrogens with two attached hydrogens (primary N) is 1. The molecule has 1 saturated carbocycles. The van der Waals surface area contributed by atoms with E-state index >= 15 is 0 Å². The van der Waals surface area contributed by atoms with Gasteiger partial charge in [-0.1, -0.05) is 68.5 Å². The van der Waals surface area contributed by atoms with Crippen molar-refractivity contribution in [2.45, 2.75) is 69.7 Å². The van der Waals surface area contributed by atoms with Gasteiger partial charge in [0, 0.05) is 35.2 Å². The minimum absolute atomic E-state index is 0.205. The first-order valence-corrected chi connectivity index (χ1v) is 13.9. The van der Waals surface area contributed by atoms with Gasteiger partial charge in [0.05, 0.1) is 17.4 Å². The molecule has 6 nitrogen and oxygen atoms in total. The molecule has 3 aliphatic rings. The third kappa shape index (κ3) is 4.37. The van der Waals surface area contributed by atoms with Gasteiger partial charge in [0.1, 0.15) is 0 Å². The molecule has 1 saturated heterocycles. The number of fused-ring (bicyclic) bond motifs is 1. The molecule has 6 heteroatoms. The highest BCUT2D eigenvalue weighted by atomic mass is 16.2. The minimum atomic E-state index is -0.521. The van der Waals surface area contributed by atoms with Crippen molar-refractivity contribution in [3.8, 4) is 0 Å². The summed E-state index contributed by atoms with van der Waals surface area (Å²) in [5.41, 5.74) is 10.8. The van der Waals surface area contributed by atoms with Gasteiger partial charge in [-0.25, -0.2) is 0 Å². The molecule has 0 unspecified atom stereocenters. The van der Waals surface area contributed by atoms with E-state index in [1.807, 2.05) is 30.5 Å². The molecular weight excluding hydrogens is 460 g/mol. The Morgan fingerprint density at radius 2 is 1.62 bits per heavy atom. The summed E-state index contributed by atoms with van der Waals surface area (Å²) in [6.07, 6.45) is 14.6. The van der Waals surface area contributed by atoms with Gasteiger partial charge in [-0.05, 0) is 54.5 Å². The maximum absolute atomic E-state index is 12.9. The Bertz CT molecular complexity index is 1440. The van der Waals surface area contributed by atoms with E-state index in [1.54, 1.807) is 0 Å². The number of benzene rings is 2. The Labute approximate surface area is 217 Å². The number of para-hydroxylation sites is 2. The molecule has 1 aliphatic carbocycles. The summed E-state index contributed by atoms with van der Waals surface area (Å²) in [5.74, 6) is -0.477. The number of hydrogen-bond donors (Lipinski definition) is 3. The number of carbonyl (C=O) groups is 2. The lowest BCUT2D eigenvalue weighted by Crippen LogP contribution is -2.21. The lowest BCUT2D eigenvalue weighted by atomic mass is 9.83. The number of imide groups is 1. The third-order valence-corrected chi connectivity index (χ3v) is 8.59. The predicted octanol–water partition coefficient (Wildman–Crippen LogP) is 5.51. The molecule has 2 fully saturated rings. The number of rotatable bonds is 4. The Morgan fingerprint density at radius 3 is 2.43 bits per heavy atom. The number of carbonyl (C=O) groups excluding carboxylic acids is 2. The summed E-state index contributed by atoms with van der Waals surface area (Å²) in [7, 11) is 0. The van der Waals surface area contributed by atoms with Gasteiger partial charge in [0.15, 0.2) is 0 Å². The first kappa shape index (κ1) is 24.0. The van der Waals surface area contributed by atoms with Gasteiger partial charge < -0.3 is 15.3 Å². The normalized spacial score (nSPS) is 21.8. The number of nitrogens with zero attached hydrogens (tertiary/aromatic N) is 1. The summed E-state index contributed by atoms with van der Waals surface area (Å²) in [4.78, 5) is 29.0. The van der Waals surface area contributed by atoms with Crippen molar-refractivity contribution in [1.82, 2.24) is 14.9 Å². The Morgan fingerprint density at radius 1 is 0.865 bits per heavy atom. The molecule has 0 spiro atoms. The van der Waals surface area contributed by atoms with E-state index in [4.69, 9.17) is 5.73 Å². The fraction of sp³-hybridized carbons (Fsp3) is 0.419. The lowest BCUT2D eigenvalue weighted by molar-refractivity contribution is -0.125. The summed E-state index contributed by atoms with van der Waals surface area (Å²) < 4.78 is 2.26. The van der Waals surface area contributed by atoms with Crippen molar-refractivity contribution >= 4 is 33.6 Å². The zero-order chi connectivity index (χ0) is 25.4. The average molecular weight is 497 g/mol. The number of nitrogens with one attached hydrogen (secondary N) is 2. The van der Waals surface area contributed by atoms with Crippen molar-refractivity contribution in [1.29, 1.82) is 0 Å². The highest BCUT2D eigenvalue weighted by Gasteiger charge is 2.45. The predicted molar refractivity (Wildman–Crippen MR) is 147 cm³/mol. The molecule has 2 aromatic heterocycles. The van der Waals surface area contributed by atoms with Crippen LogP contribution in [0.1, 0.15) is 73.5 Å². The lowest BCUT2D eigenvalue weighted by Gasteiger charge is -2.20. The summed E-state index contributed by atoms with van der Waals surface area (Å²) >= 11 is 0. The monoisotopic (exact) mass is 496 g/mol. The standard InChI is InChI=1S/C23H19N3O2.C8H17N/c27-22-19(16-11-24-18-9-2-1-7-14(16)18)20(23(28)25-22)17-12-26-10-4-6-13-5-3-8-15(17)21(13)26;9-7-6-8-4-2-1-3-5-8/h1-3,5,7-9,11-12,19-20,24H,4,6,10H2,(H,25,27,28);8H,1-7,9H2/t19-,20-;/m1./s1. The van der Waals surface area contributed by atoms with E-state index in [0.29, 0.717) is 0 Å². The molecule has 4 aromatic rings. The molecule has 2 aromatic carbocycles. The van der Waals surface area contributed by atoms with E-state index in [-0.39, 0.29) is 11.8 Å². The van der Waals surface area contributed by atoms with Crippen LogP contribution in [0.15, 0.2) is 54.9 Å². The molecule has 2 atom stereocenters. The Balaban J connectivity index is 0.000000239. The fourth-order valence-electron chi connectivity index (χ4n) is 6.82. The molecule has 4 N–H and O–H groups in total.